The molecule has 1 aliphatic rings. The average Bonchev–Trinajstić information content (AvgIpc) is 3.17. The summed E-state index contributed by atoms with van der Waals surface area (Å²) in [5.41, 5.74) is 6.10. The molecule has 1 unspecified atom stereocenters. The number of aromatic nitrogens is 2. The Morgan fingerprint density at radius 3 is 2.72 bits per heavy atom. The summed E-state index contributed by atoms with van der Waals surface area (Å²) in [7, 11) is 0. The first-order valence-corrected chi connectivity index (χ1v) is 11.0. The van der Waals surface area contributed by atoms with Crippen LogP contribution in [0.15, 0.2) is 53.1 Å². The number of furan rings is 1. The van der Waals surface area contributed by atoms with Crippen molar-refractivity contribution in [3.05, 3.63) is 59.9 Å². The van der Waals surface area contributed by atoms with Crippen LogP contribution >= 0.6 is 0 Å². The summed E-state index contributed by atoms with van der Waals surface area (Å²) >= 11 is 0. The Morgan fingerprint density at radius 1 is 1.03 bits per heavy atom. The van der Waals surface area contributed by atoms with Gasteiger partial charge in [-0.2, -0.15) is 0 Å². The molecule has 1 aromatic carbocycles. The zero-order chi connectivity index (χ0) is 19.8. The number of benzene rings is 1. The second-order valence-corrected chi connectivity index (χ2v) is 8.45. The molecule has 0 bridgehead atoms. The minimum atomic E-state index is 0.570. The highest BCUT2D eigenvalue weighted by atomic mass is 16.3. The lowest BCUT2D eigenvalue weighted by atomic mass is 9.78. The molecule has 0 amide bonds. The van der Waals surface area contributed by atoms with Crippen LogP contribution < -0.4 is 0 Å². The maximum atomic E-state index is 6.25. The standard InChI is InChI=1S/C26H28N2O/c1-3-20-12-13-22-21-10-7-11-23(25(21)29-26(22)28-20)24-16-19(14-15-27-24)17(2)18-8-5-4-6-9-18/h7,10-18H,3-6,8-9H2,1-2H3. The third-order valence-electron chi connectivity index (χ3n) is 6.73. The van der Waals surface area contributed by atoms with E-state index in [2.05, 4.69) is 61.3 Å². The number of pyridine rings is 2. The predicted molar refractivity (Wildman–Crippen MR) is 119 cm³/mol. The van der Waals surface area contributed by atoms with Gasteiger partial charge in [0.25, 0.3) is 0 Å². The Labute approximate surface area is 172 Å². The molecule has 0 aliphatic heterocycles. The quantitative estimate of drug-likeness (QED) is 0.371. The van der Waals surface area contributed by atoms with Crippen LogP contribution in [0.5, 0.6) is 0 Å². The van der Waals surface area contributed by atoms with Crippen molar-refractivity contribution in [1.29, 1.82) is 0 Å². The smallest absolute Gasteiger partial charge is 0.227 e. The lowest BCUT2D eigenvalue weighted by Gasteiger charge is -2.28. The van der Waals surface area contributed by atoms with Crippen LogP contribution in [-0.4, -0.2) is 9.97 Å². The van der Waals surface area contributed by atoms with E-state index in [-0.39, 0.29) is 0 Å². The van der Waals surface area contributed by atoms with E-state index < -0.39 is 0 Å². The van der Waals surface area contributed by atoms with E-state index in [9.17, 15) is 0 Å². The molecular weight excluding hydrogens is 356 g/mol. The largest absolute Gasteiger partial charge is 0.437 e. The Morgan fingerprint density at radius 2 is 1.90 bits per heavy atom. The Hall–Kier alpha value is -2.68. The summed E-state index contributed by atoms with van der Waals surface area (Å²) in [6, 6.07) is 15.0. The molecule has 148 valence electrons. The fourth-order valence-electron chi connectivity index (χ4n) is 4.90. The molecule has 0 spiro atoms. The van der Waals surface area contributed by atoms with E-state index in [1.54, 1.807) is 0 Å². The van der Waals surface area contributed by atoms with Crippen LogP contribution in [0.1, 0.15) is 63.1 Å². The van der Waals surface area contributed by atoms with Crippen molar-refractivity contribution in [2.75, 3.05) is 0 Å². The van der Waals surface area contributed by atoms with Crippen LogP contribution in [0, 0.1) is 5.92 Å². The molecule has 29 heavy (non-hydrogen) atoms. The van der Waals surface area contributed by atoms with E-state index in [0.29, 0.717) is 5.92 Å². The fraction of sp³-hybridized carbons (Fsp3) is 0.385. The van der Waals surface area contributed by atoms with Crippen molar-refractivity contribution in [3.8, 4) is 11.3 Å². The molecule has 3 nitrogen and oxygen atoms in total. The highest BCUT2D eigenvalue weighted by Crippen LogP contribution is 2.38. The summed E-state index contributed by atoms with van der Waals surface area (Å²) in [6.07, 6.45) is 9.71. The van der Waals surface area contributed by atoms with Crippen molar-refractivity contribution < 1.29 is 4.42 Å². The van der Waals surface area contributed by atoms with E-state index in [1.165, 1.54) is 37.7 Å². The van der Waals surface area contributed by atoms with Crippen molar-refractivity contribution in [2.24, 2.45) is 5.92 Å². The molecular formula is C26H28N2O. The van der Waals surface area contributed by atoms with Crippen LogP contribution in [0.4, 0.5) is 0 Å². The maximum Gasteiger partial charge on any atom is 0.227 e. The van der Waals surface area contributed by atoms with E-state index in [4.69, 9.17) is 9.40 Å². The van der Waals surface area contributed by atoms with Crippen LogP contribution in [0.25, 0.3) is 33.3 Å². The number of aryl methyl sites for hydroxylation is 1. The van der Waals surface area contributed by atoms with E-state index >= 15 is 0 Å². The number of hydrogen-bond acceptors (Lipinski definition) is 3. The molecule has 1 saturated carbocycles. The van der Waals surface area contributed by atoms with Crippen molar-refractivity contribution in [1.82, 2.24) is 9.97 Å². The summed E-state index contributed by atoms with van der Waals surface area (Å²) in [5, 5.41) is 2.19. The second kappa shape index (κ2) is 7.62. The molecule has 1 fully saturated rings. The highest BCUT2D eigenvalue weighted by Gasteiger charge is 2.22. The maximum absolute atomic E-state index is 6.25. The molecule has 1 aliphatic carbocycles. The lowest BCUT2D eigenvalue weighted by molar-refractivity contribution is 0.316. The van der Waals surface area contributed by atoms with Gasteiger partial charge in [0.05, 0.1) is 5.69 Å². The molecule has 3 aromatic heterocycles. The summed E-state index contributed by atoms with van der Waals surface area (Å²) in [4.78, 5) is 9.40. The van der Waals surface area contributed by atoms with Gasteiger partial charge in [-0.25, -0.2) is 4.98 Å². The van der Waals surface area contributed by atoms with Gasteiger partial charge in [-0.15, -0.1) is 0 Å². The number of fused-ring (bicyclic) bond motifs is 3. The van der Waals surface area contributed by atoms with Gasteiger partial charge < -0.3 is 4.42 Å². The summed E-state index contributed by atoms with van der Waals surface area (Å²) < 4.78 is 6.25. The van der Waals surface area contributed by atoms with Crippen LogP contribution in [0.3, 0.4) is 0 Å². The van der Waals surface area contributed by atoms with Gasteiger partial charge in [0.1, 0.15) is 5.58 Å². The van der Waals surface area contributed by atoms with Crippen LogP contribution in [-0.2, 0) is 6.42 Å². The van der Waals surface area contributed by atoms with Gasteiger partial charge >= 0.3 is 0 Å². The normalized spacial score (nSPS) is 16.5. The molecule has 0 saturated heterocycles. The van der Waals surface area contributed by atoms with E-state index in [0.717, 1.165) is 51.4 Å². The number of para-hydroxylation sites is 1. The van der Waals surface area contributed by atoms with Gasteiger partial charge in [-0.3, -0.25) is 4.98 Å². The van der Waals surface area contributed by atoms with Crippen LogP contribution in [0.2, 0.25) is 0 Å². The third kappa shape index (κ3) is 3.33. The average molecular weight is 385 g/mol. The monoisotopic (exact) mass is 384 g/mol. The van der Waals surface area contributed by atoms with Gasteiger partial charge in [-0.05, 0) is 67.0 Å². The van der Waals surface area contributed by atoms with Crippen molar-refractivity contribution in [2.45, 2.75) is 58.3 Å². The third-order valence-corrected chi connectivity index (χ3v) is 6.73. The number of hydrogen-bond donors (Lipinski definition) is 0. The number of rotatable bonds is 4. The molecule has 0 N–H and O–H groups in total. The van der Waals surface area contributed by atoms with Crippen molar-refractivity contribution >= 4 is 22.1 Å². The first kappa shape index (κ1) is 18.4. The van der Waals surface area contributed by atoms with Crippen molar-refractivity contribution in [3.63, 3.8) is 0 Å². The molecule has 5 rings (SSSR count). The Balaban J connectivity index is 1.58. The second-order valence-electron chi connectivity index (χ2n) is 8.45. The Bertz CT molecular complexity index is 1150. The first-order chi connectivity index (χ1) is 14.2. The predicted octanol–water partition coefficient (Wildman–Crippen LogP) is 7.29. The summed E-state index contributed by atoms with van der Waals surface area (Å²) in [5.74, 6) is 1.36. The summed E-state index contributed by atoms with van der Waals surface area (Å²) in [6.45, 7) is 4.50. The number of nitrogens with zero attached hydrogens (tertiary/aromatic N) is 2. The van der Waals surface area contributed by atoms with Gasteiger partial charge in [0, 0.05) is 28.2 Å². The molecule has 0 radical (unpaired) electrons. The Kier molecular flexibility index (Phi) is 4.83. The van der Waals surface area contributed by atoms with Gasteiger partial charge in [0.15, 0.2) is 0 Å². The highest BCUT2D eigenvalue weighted by molar-refractivity contribution is 6.08. The first-order valence-electron chi connectivity index (χ1n) is 11.0. The minimum absolute atomic E-state index is 0.570. The topological polar surface area (TPSA) is 38.9 Å². The SMILES string of the molecule is CCc1ccc2c(n1)oc1c(-c3cc(C(C)C4CCCCC4)ccn3)cccc12. The van der Waals surface area contributed by atoms with E-state index in [1.807, 2.05) is 6.20 Å². The molecule has 3 heterocycles. The van der Waals surface area contributed by atoms with Gasteiger partial charge in [-0.1, -0.05) is 45.2 Å². The molecule has 3 heteroatoms. The molecule has 4 aromatic rings. The molecule has 1 atom stereocenters. The fourth-order valence-corrected chi connectivity index (χ4v) is 4.90. The minimum Gasteiger partial charge on any atom is -0.437 e. The van der Waals surface area contributed by atoms with Gasteiger partial charge in [0.2, 0.25) is 5.71 Å². The zero-order valence-corrected chi connectivity index (χ0v) is 17.3. The lowest BCUT2D eigenvalue weighted by Crippen LogP contribution is -2.14. The zero-order valence-electron chi connectivity index (χ0n) is 17.3.